The van der Waals surface area contributed by atoms with Crippen molar-refractivity contribution in [3.8, 4) is 0 Å². The van der Waals surface area contributed by atoms with Gasteiger partial charge in [-0.3, -0.25) is 4.79 Å². The van der Waals surface area contributed by atoms with Gasteiger partial charge in [0, 0.05) is 20.1 Å². The quantitative estimate of drug-likeness (QED) is 0.818. The number of carbonyl (C=O) groups excluding carboxylic acids is 1. The molecule has 0 aromatic carbocycles. The maximum atomic E-state index is 12.2. The molecule has 3 nitrogen and oxygen atoms in total. The Morgan fingerprint density at radius 2 is 2.24 bits per heavy atom. The zero-order chi connectivity index (χ0) is 12.4. The van der Waals surface area contributed by atoms with Gasteiger partial charge in [0.1, 0.15) is 5.69 Å². The summed E-state index contributed by atoms with van der Waals surface area (Å²) in [5, 5.41) is 2.08. The molecule has 4 heteroatoms. The summed E-state index contributed by atoms with van der Waals surface area (Å²) in [6, 6.07) is 4.11. The van der Waals surface area contributed by atoms with Crippen molar-refractivity contribution in [3.63, 3.8) is 0 Å². The highest BCUT2D eigenvalue weighted by Crippen LogP contribution is 2.26. The van der Waals surface area contributed by atoms with E-state index in [9.17, 15) is 4.79 Å². The van der Waals surface area contributed by atoms with Crippen LogP contribution >= 0.6 is 11.3 Å². The van der Waals surface area contributed by atoms with Gasteiger partial charge >= 0.3 is 0 Å². The van der Waals surface area contributed by atoms with Gasteiger partial charge in [0.05, 0.1) is 10.2 Å². The van der Waals surface area contributed by atoms with Gasteiger partial charge in [-0.05, 0) is 30.9 Å². The maximum absolute atomic E-state index is 12.2. The molecule has 0 N–H and O–H groups in total. The number of thiophene rings is 1. The van der Waals surface area contributed by atoms with Crippen LogP contribution in [0.1, 0.15) is 30.8 Å². The van der Waals surface area contributed by atoms with Gasteiger partial charge in [-0.1, -0.05) is 6.92 Å². The van der Waals surface area contributed by atoms with Crippen molar-refractivity contribution < 1.29 is 4.79 Å². The molecule has 0 radical (unpaired) electrons. The summed E-state index contributed by atoms with van der Waals surface area (Å²) in [5.74, 6) is 0.115. The van der Waals surface area contributed by atoms with Crippen molar-refractivity contribution in [1.29, 1.82) is 0 Å². The minimum Gasteiger partial charge on any atom is -0.341 e. The van der Waals surface area contributed by atoms with Crippen molar-refractivity contribution in [2.45, 2.75) is 26.8 Å². The first-order valence-electron chi connectivity index (χ1n) is 6.01. The zero-order valence-corrected chi connectivity index (χ0v) is 11.4. The average molecular weight is 250 g/mol. The summed E-state index contributed by atoms with van der Waals surface area (Å²) in [7, 11) is 1.85. The lowest BCUT2D eigenvalue weighted by atomic mass is 10.3. The first-order valence-corrected chi connectivity index (χ1v) is 6.89. The summed E-state index contributed by atoms with van der Waals surface area (Å²) in [5.41, 5.74) is 2.00. The van der Waals surface area contributed by atoms with Crippen LogP contribution in [0, 0.1) is 0 Å². The molecule has 0 saturated heterocycles. The van der Waals surface area contributed by atoms with Gasteiger partial charge in [-0.15, -0.1) is 11.3 Å². The van der Waals surface area contributed by atoms with E-state index in [1.54, 1.807) is 16.2 Å². The Balaban J connectivity index is 2.48. The number of carbonyl (C=O) groups is 1. The number of rotatable bonds is 4. The molecule has 0 unspecified atom stereocenters. The Morgan fingerprint density at radius 1 is 1.47 bits per heavy atom. The van der Waals surface area contributed by atoms with Gasteiger partial charge in [0.25, 0.3) is 5.91 Å². The van der Waals surface area contributed by atoms with Gasteiger partial charge in [0.15, 0.2) is 0 Å². The summed E-state index contributed by atoms with van der Waals surface area (Å²) < 4.78 is 3.34. The molecular formula is C13H18N2OS. The molecule has 0 bridgehead atoms. The van der Waals surface area contributed by atoms with Gasteiger partial charge in [-0.25, -0.2) is 0 Å². The molecule has 2 heterocycles. The fourth-order valence-electron chi connectivity index (χ4n) is 1.96. The van der Waals surface area contributed by atoms with Crippen molar-refractivity contribution in [2.75, 3.05) is 13.6 Å². The lowest BCUT2D eigenvalue weighted by Crippen LogP contribution is -2.28. The molecule has 92 valence electrons. The van der Waals surface area contributed by atoms with Gasteiger partial charge in [0.2, 0.25) is 0 Å². The molecule has 0 atom stereocenters. The number of hydrogen-bond acceptors (Lipinski definition) is 2. The van der Waals surface area contributed by atoms with Crippen LogP contribution in [0.5, 0.6) is 0 Å². The third-order valence-electron chi connectivity index (χ3n) is 3.01. The molecule has 0 fully saturated rings. The Morgan fingerprint density at radius 3 is 2.88 bits per heavy atom. The second-order valence-electron chi connectivity index (χ2n) is 4.17. The molecule has 0 saturated carbocycles. The largest absolute Gasteiger partial charge is 0.341 e. The van der Waals surface area contributed by atoms with E-state index < -0.39 is 0 Å². The van der Waals surface area contributed by atoms with E-state index in [1.807, 2.05) is 20.0 Å². The summed E-state index contributed by atoms with van der Waals surface area (Å²) in [6.07, 6.45) is 1.04. The van der Waals surface area contributed by atoms with Crippen LogP contribution < -0.4 is 0 Å². The minimum absolute atomic E-state index is 0.115. The van der Waals surface area contributed by atoms with Crippen molar-refractivity contribution >= 4 is 27.5 Å². The van der Waals surface area contributed by atoms with E-state index in [1.165, 1.54) is 10.2 Å². The molecule has 0 spiro atoms. The Bertz CT molecular complexity index is 526. The summed E-state index contributed by atoms with van der Waals surface area (Å²) in [4.78, 5) is 14.0. The van der Waals surface area contributed by atoms with E-state index in [4.69, 9.17) is 0 Å². The molecule has 2 rings (SSSR count). The average Bonchev–Trinajstić information content (AvgIpc) is 2.90. The molecule has 17 heavy (non-hydrogen) atoms. The van der Waals surface area contributed by atoms with Crippen molar-refractivity contribution in [1.82, 2.24) is 9.47 Å². The molecular weight excluding hydrogens is 232 g/mol. The summed E-state index contributed by atoms with van der Waals surface area (Å²) in [6.45, 7) is 5.77. The van der Waals surface area contributed by atoms with E-state index >= 15 is 0 Å². The van der Waals surface area contributed by atoms with Crippen LogP contribution in [0.2, 0.25) is 0 Å². The molecule has 2 aromatic rings. The number of amides is 1. The fraction of sp³-hybridized carbons (Fsp3) is 0.462. The number of fused-ring (bicyclic) bond motifs is 1. The molecule has 2 aromatic heterocycles. The first kappa shape index (κ1) is 12.2. The van der Waals surface area contributed by atoms with E-state index in [2.05, 4.69) is 22.9 Å². The lowest BCUT2D eigenvalue weighted by molar-refractivity contribution is 0.0792. The minimum atomic E-state index is 0.115. The first-order chi connectivity index (χ1) is 8.19. The SMILES string of the molecule is CCCn1c(C(=O)N(C)CC)cc2sccc21. The van der Waals surface area contributed by atoms with Crippen LogP contribution in [-0.4, -0.2) is 29.0 Å². The van der Waals surface area contributed by atoms with E-state index in [-0.39, 0.29) is 5.91 Å². The molecule has 0 aliphatic rings. The fourth-order valence-corrected chi connectivity index (χ4v) is 2.78. The predicted octanol–water partition coefficient (Wildman–Crippen LogP) is 3.20. The second kappa shape index (κ2) is 4.92. The zero-order valence-electron chi connectivity index (χ0n) is 10.6. The Kier molecular flexibility index (Phi) is 3.52. The van der Waals surface area contributed by atoms with E-state index in [0.29, 0.717) is 0 Å². The summed E-state index contributed by atoms with van der Waals surface area (Å²) >= 11 is 1.69. The van der Waals surface area contributed by atoms with Crippen LogP contribution in [0.3, 0.4) is 0 Å². The Hall–Kier alpha value is -1.29. The number of hydrogen-bond donors (Lipinski definition) is 0. The normalized spacial score (nSPS) is 11.0. The van der Waals surface area contributed by atoms with Crippen molar-refractivity contribution in [2.24, 2.45) is 0 Å². The van der Waals surface area contributed by atoms with Crippen LogP contribution in [0.25, 0.3) is 10.2 Å². The molecule has 0 aliphatic carbocycles. The Labute approximate surface area is 106 Å². The smallest absolute Gasteiger partial charge is 0.270 e. The predicted molar refractivity (Wildman–Crippen MR) is 72.7 cm³/mol. The third-order valence-corrected chi connectivity index (χ3v) is 3.86. The highest BCUT2D eigenvalue weighted by atomic mass is 32.1. The standard InChI is InChI=1S/C13H18N2OS/c1-4-7-15-10-6-8-17-12(10)9-11(15)13(16)14(3)5-2/h6,8-9H,4-5,7H2,1-3H3. The third kappa shape index (κ3) is 2.09. The number of aromatic nitrogens is 1. The number of aryl methyl sites for hydroxylation is 1. The monoisotopic (exact) mass is 250 g/mol. The topological polar surface area (TPSA) is 25.2 Å². The van der Waals surface area contributed by atoms with Crippen LogP contribution in [0.15, 0.2) is 17.5 Å². The van der Waals surface area contributed by atoms with Crippen LogP contribution in [-0.2, 0) is 6.54 Å². The number of nitrogens with zero attached hydrogens (tertiary/aromatic N) is 2. The van der Waals surface area contributed by atoms with Crippen molar-refractivity contribution in [3.05, 3.63) is 23.2 Å². The molecule has 0 aliphatic heterocycles. The van der Waals surface area contributed by atoms with E-state index in [0.717, 1.165) is 25.2 Å². The lowest BCUT2D eigenvalue weighted by Gasteiger charge is -2.16. The highest BCUT2D eigenvalue weighted by molar-refractivity contribution is 7.17. The maximum Gasteiger partial charge on any atom is 0.270 e. The highest BCUT2D eigenvalue weighted by Gasteiger charge is 2.18. The van der Waals surface area contributed by atoms with Crippen LogP contribution in [0.4, 0.5) is 0 Å². The molecule has 1 amide bonds. The van der Waals surface area contributed by atoms with Gasteiger partial charge in [-0.2, -0.15) is 0 Å². The van der Waals surface area contributed by atoms with Gasteiger partial charge < -0.3 is 9.47 Å². The second-order valence-corrected chi connectivity index (χ2v) is 5.12.